The fourth-order valence-electron chi connectivity index (χ4n) is 1.90. The van der Waals surface area contributed by atoms with Crippen LogP contribution in [0.25, 0.3) is 0 Å². The number of benzene rings is 1. The van der Waals surface area contributed by atoms with Gasteiger partial charge >= 0.3 is 0 Å². The van der Waals surface area contributed by atoms with Gasteiger partial charge in [-0.3, -0.25) is 0 Å². The molecule has 0 atom stereocenters. The van der Waals surface area contributed by atoms with Crippen LogP contribution in [-0.2, 0) is 0 Å². The Morgan fingerprint density at radius 1 is 1.33 bits per heavy atom. The number of hydrogen-bond acceptors (Lipinski definition) is 2. The molecule has 1 N–H and O–H groups in total. The number of piperidine rings is 1. The lowest BCUT2D eigenvalue weighted by atomic mass is 10.1. The summed E-state index contributed by atoms with van der Waals surface area (Å²) in [5.41, 5.74) is 2.27. The van der Waals surface area contributed by atoms with Gasteiger partial charge < -0.3 is 10.0 Å². The molecule has 1 fully saturated rings. The smallest absolute Gasteiger partial charge is 0.0574 e. The standard InChI is InChI=1S/C12H16ClNO/c1-9-2-3-10(8-12(9)13)14-6-4-11(15)5-7-14/h2-3,8,11,15H,4-7H2,1H3. The molecule has 3 heteroatoms. The van der Waals surface area contributed by atoms with E-state index in [1.165, 1.54) is 0 Å². The normalized spacial score (nSPS) is 18.2. The Hall–Kier alpha value is -0.730. The van der Waals surface area contributed by atoms with E-state index < -0.39 is 0 Å². The average molecular weight is 226 g/mol. The van der Waals surface area contributed by atoms with Crippen molar-refractivity contribution in [2.75, 3.05) is 18.0 Å². The van der Waals surface area contributed by atoms with Crippen LogP contribution in [-0.4, -0.2) is 24.3 Å². The van der Waals surface area contributed by atoms with Crippen molar-refractivity contribution in [3.63, 3.8) is 0 Å². The van der Waals surface area contributed by atoms with Crippen molar-refractivity contribution in [2.45, 2.75) is 25.9 Å². The van der Waals surface area contributed by atoms with Gasteiger partial charge in [0, 0.05) is 23.8 Å². The Morgan fingerprint density at radius 3 is 2.60 bits per heavy atom. The molecule has 1 aromatic rings. The van der Waals surface area contributed by atoms with Crippen molar-refractivity contribution in [3.05, 3.63) is 28.8 Å². The molecule has 0 bridgehead atoms. The second-order valence-corrected chi connectivity index (χ2v) is 4.56. The summed E-state index contributed by atoms with van der Waals surface area (Å²) in [6, 6.07) is 6.15. The quantitative estimate of drug-likeness (QED) is 0.794. The zero-order valence-corrected chi connectivity index (χ0v) is 9.67. The second-order valence-electron chi connectivity index (χ2n) is 4.15. The van der Waals surface area contributed by atoms with Crippen LogP contribution in [0.5, 0.6) is 0 Å². The lowest BCUT2D eigenvalue weighted by Gasteiger charge is -2.31. The van der Waals surface area contributed by atoms with Gasteiger partial charge in [0.25, 0.3) is 0 Å². The molecule has 0 saturated carbocycles. The molecule has 0 radical (unpaired) electrons. The highest BCUT2D eigenvalue weighted by atomic mass is 35.5. The number of aryl methyl sites for hydroxylation is 1. The summed E-state index contributed by atoms with van der Waals surface area (Å²) in [6.07, 6.45) is 1.58. The van der Waals surface area contributed by atoms with Gasteiger partial charge in [0.05, 0.1) is 6.10 Å². The van der Waals surface area contributed by atoms with E-state index in [4.69, 9.17) is 11.6 Å². The number of anilines is 1. The van der Waals surface area contributed by atoms with E-state index in [0.29, 0.717) is 0 Å². The first-order chi connectivity index (χ1) is 7.16. The van der Waals surface area contributed by atoms with Crippen molar-refractivity contribution in [2.24, 2.45) is 0 Å². The molecule has 1 aliphatic heterocycles. The maximum atomic E-state index is 9.42. The largest absolute Gasteiger partial charge is 0.393 e. The minimum absolute atomic E-state index is 0.123. The van der Waals surface area contributed by atoms with Crippen molar-refractivity contribution in [1.29, 1.82) is 0 Å². The Labute approximate surface area is 95.5 Å². The molecular weight excluding hydrogens is 210 g/mol. The minimum atomic E-state index is -0.123. The average Bonchev–Trinajstić information content (AvgIpc) is 2.23. The first-order valence-electron chi connectivity index (χ1n) is 5.36. The third kappa shape index (κ3) is 2.44. The van der Waals surface area contributed by atoms with Crippen LogP contribution in [0.3, 0.4) is 0 Å². The summed E-state index contributed by atoms with van der Waals surface area (Å²) >= 11 is 6.09. The predicted octanol–water partition coefficient (Wildman–Crippen LogP) is 2.61. The molecule has 1 heterocycles. The van der Waals surface area contributed by atoms with Gasteiger partial charge in [0.15, 0.2) is 0 Å². The second kappa shape index (κ2) is 4.42. The zero-order chi connectivity index (χ0) is 10.8. The molecule has 0 aromatic heterocycles. The van der Waals surface area contributed by atoms with E-state index in [9.17, 15) is 5.11 Å². The minimum Gasteiger partial charge on any atom is -0.393 e. The highest BCUT2D eigenvalue weighted by molar-refractivity contribution is 6.31. The Bertz CT molecular complexity index is 345. The lowest BCUT2D eigenvalue weighted by Crippen LogP contribution is -2.35. The van der Waals surface area contributed by atoms with Gasteiger partial charge in [-0.1, -0.05) is 17.7 Å². The third-order valence-electron chi connectivity index (χ3n) is 2.99. The van der Waals surface area contributed by atoms with Crippen LogP contribution < -0.4 is 4.90 Å². The molecule has 1 aromatic carbocycles. The van der Waals surface area contributed by atoms with E-state index in [1.54, 1.807) is 0 Å². The van der Waals surface area contributed by atoms with E-state index in [1.807, 2.05) is 19.1 Å². The summed E-state index contributed by atoms with van der Waals surface area (Å²) in [4.78, 5) is 2.28. The van der Waals surface area contributed by atoms with Crippen LogP contribution in [0.15, 0.2) is 18.2 Å². The van der Waals surface area contributed by atoms with Crippen LogP contribution in [0.4, 0.5) is 5.69 Å². The number of aliphatic hydroxyl groups is 1. The van der Waals surface area contributed by atoms with Gasteiger partial charge in [0.2, 0.25) is 0 Å². The van der Waals surface area contributed by atoms with Gasteiger partial charge in [-0.25, -0.2) is 0 Å². The SMILES string of the molecule is Cc1ccc(N2CCC(O)CC2)cc1Cl. The summed E-state index contributed by atoms with van der Waals surface area (Å²) in [5.74, 6) is 0. The fourth-order valence-corrected chi connectivity index (χ4v) is 2.08. The summed E-state index contributed by atoms with van der Waals surface area (Å²) in [5, 5.41) is 10.2. The molecule has 0 spiro atoms. The number of nitrogens with zero attached hydrogens (tertiary/aromatic N) is 1. The van der Waals surface area contributed by atoms with Crippen LogP contribution in [0.1, 0.15) is 18.4 Å². The Balaban J connectivity index is 2.12. The maximum Gasteiger partial charge on any atom is 0.0574 e. The van der Waals surface area contributed by atoms with Gasteiger partial charge in [-0.15, -0.1) is 0 Å². The van der Waals surface area contributed by atoms with Crippen LogP contribution in [0.2, 0.25) is 5.02 Å². The third-order valence-corrected chi connectivity index (χ3v) is 3.39. The van der Waals surface area contributed by atoms with Crippen LogP contribution >= 0.6 is 11.6 Å². The van der Waals surface area contributed by atoms with E-state index in [0.717, 1.165) is 42.2 Å². The van der Waals surface area contributed by atoms with Gasteiger partial charge in [0.1, 0.15) is 0 Å². The molecule has 0 unspecified atom stereocenters. The number of hydrogen-bond donors (Lipinski definition) is 1. The molecule has 2 rings (SSSR count). The van der Waals surface area contributed by atoms with Crippen LogP contribution in [0, 0.1) is 6.92 Å². The Kier molecular flexibility index (Phi) is 3.17. The van der Waals surface area contributed by atoms with Crippen molar-refractivity contribution in [1.82, 2.24) is 0 Å². The molecule has 0 amide bonds. The first-order valence-corrected chi connectivity index (χ1v) is 5.74. The highest BCUT2D eigenvalue weighted by Gasteiger charge is 2.17. The summed E-state index contributed by atoms with van der Waals surface area (Å²) in [6.45, 7) is 3.84. The maximum absolute atomic E-state index is 9.42. The molecule has 1 saturated heterocycles. The van der Waals surface area contributed by atoms with E-state index in [2.05, 4.69) is 11.0 Å². The van der Waals surface area contributed by atoms with Crippen molar-refractivity contribution >= 4 is 17.3 Å². The van der Waals surface area contributed by atoms with Gasteiger partial charge in [-0.05, 0) is 37.5 Å². The molecular formula is C12H16ClNO. The predicted molar refractivity (Wildman–Crippen MR) is 63.6 cm³/mol. The summed E-state index contributed by atoms with van der Waals surface area (Å²) in [7, 11) is 0. The summed E-state index contributed by atoms with van der Waals surface area (Å²) < 4.78 is 0. The fraction of sp³-hybridized carbons (Fsp3) is 0.500. The van der Waals surface area contributed by atoms with E-state index in [-0.39, 0.29) is 6.10 Å². The molecule has 82 valence electrons. The number of rotatable bonds is 1. The van der Waals surface area contributed by atoms with Crippen molar-refractivity contribution < 1.29 is 5.11 Å². The lowest BCUT2D eigenvalue weighted by molar-refractivity contribution is 0.145. The number of aliphatic hydroxyl groups excluding tert-OH is 1. The molecule has 15 heavy (non-hydrogen) atoms. The molecule has 2 nitrogen and oxygen atoms in total. The number of halogens is 1. The van der Waals surface area contributed by atoms with Gasteiger partial charge in [-0.2, -0.15) is 0 Å². The Morgan fingerprint density at radius 2 is 2.00 bits per heavy atom. The highest BCUT2D eigenvalue weighted by Crippen LogP contribution is 2.25. The molecule has 1 aliphatic rings. The monoisotopic (exact) mass is 225 g/mol. The van der Waals surface area contributed by atoms with E-state index >= 15 is 0 Å². The topological polar surface area (TPSA) is 23.5 Å². The molecule has 0 aliphatic carbocycles. The first kappa shape index (κ1) is 10.8. The van der Waals surface area contributed by atoms with Crippen molar-refractivity contribution in [3.8, 4) is 0 Å². The zero-order valence-electron chi connectivity index (χ0n) is 8.91.